The molecule has 74 valence electrons. The highest BCUT2D eigenvalue weighted by Crippen LogP contribution is 2.17. The van der Waals surface area contributed by atoms with Gasteiger partial charge < -0.3 is 10.8 Å². The molecule has 6 nitrogen and oxygen atoms in total. The van der Waals surface area contributed by atoms with Crippen LogP contribution in [0.4, 0.5) is 0 Å². The second kappa shape index (κ2) is 3.39. The van der Waals surface area contributed by atoms with E-state index in [2.05, 4.69) is 15.4 Å². The number of nitrogens with zero attached hydrogens (tertiary/aromatic N) is 4. The summed E-state index contributed by atoms with van der Waals surface area (Å²) in [6, 6.07) is 0. The summed E-state index contributed by atoms with van der Waals surface area (Å²) in [6.45, 7) is 3.68. The zero-order valence-corrected chi connectivity index (χ0v) is 8.10. The average Bonchev–Trinajstić information content (AvgIpc) is 2.31. The molecule has 0 saturated carbocycles. The van der Waals surface area contributed by atoms with Crippen LogP contribution < -0.4 is 5.73 Å². The highest BCUT2D eigenvalue weighted by molar-refractivity contribution is 4.88. The van der Waals surface area contributed by atoms with Crippen molar-refractivity contribution in [3.8, 4) is 0 Å². The molecule has 1 unspecified atom stereocenters. The van der Waals surface area contributed by atoms with E-state index in [1.54, 1.807) is 7.05 Å². The van der Waals surface area contributed by atoms with Gasteiger partial charge in [-0.3, -0.25) is 0 Å². The molecule has 13 heavy (non-hydrogen) atoms. The van der Waals surface area contributed by atoms with E-state index in [4.69, 9.17) is 5.73 Å². The molecule has 1 rings (SSSR count). The summed E-state index contributed by atoms with van der Waals surface area (Å²) in [5.41, 5.74) is 5.31. The van der Waals surface area contributed by atoms with E-state index in [-0.39, 0.29) is 0 Å². The standard InChI is InChI=1S/C7H15N5O/c1-7(2,8)4-5(13)6-9-11-12(3)10-6/h5,13H,4,8H2,1-3H3. The number of aryl methyl sites for hydroxylation is 1. The van der Waals surface area contributed by atoms with E-state index in [0.29, 0.717) is 12.2 Å². The third-order valence-corrected chi connectivity index (χ3v) is 1.54. The number of rotatable bonds is 3. The normalized spacial score (nSPS) is 14.5. The molecule has 1 aromatic rings. The molecule has 1 aromatic heterocycles. The summed E-state index contributed by atoms with van der Waals surface area (Å²) in [6.07, 6.45) is -0.327. The molecule has 0 amide bonds. The van der Waals surface area contributed by atoms with Crippen molar-refractivity contribution >= 4 is 0 Å². The Balaban J connectivity index is 2.64. The van der Waals surface area contributed by atoms with Crippen LogP contribution in [0.5, 0.6) is 0 Å². The van der Waals surface area contributed by atoms with Crippen LogP contribution >= 0.6 is 0 Å². The molecule has 0 fully saturated rings. The maximum atomic E-state index is 9.61. The molecular weight excluding hydrogens is 170 g/mol. The van der Waals surface area contributed by atoms with Crippen LogP contribution in [-0.4, -0.2) is 30.9 Å². The fourth-order valence-corrected chi connectivity index (χ4v) is 1.02. The summed E-state index contributed by atoms with van der Waals surface area (Å²) in [4.78, 5) is 1.31. The minimum Gasteiger partial charge on any atom is -0.385 e. The molecule has 0 aliphatic rings. The zero-order chi connectivity index (χ0) is 10.1. The first-order valence-corrected chi connectivity index (χ1v) is 4.09. The predicted octanol–water partition coefficient (Wildman–Crippen LogP) is -0.629. The van der Waals surface area contributed by atoms with E-state index in [0.717, 1.165) is 0 Å². The van der Waals surface area contributed by atoms with Crippen LogP contribution in [0.25, 0.3) is 0 Å². The highest BCUT2D eigenvalue weighted by Gasteiger charge is 2.21. The molecule has 3 N–H and O–H groups in total. The van der Waals surface area contributed by atoms with Crippen LogP contribution in [0.3, 0.4) is 0 Å². The van der Waals surface area contributed by atoms with E-state index in [1.807, 2.05) is 13.8 Å². The number of nitrogens with two attached hydrogens (primary N) is 1. The minimum absolute atomic E-state index is 0.320. The van der Waals surface area contributed by atoms with E-state index < -0.39 is 11.6 Å². The first kappa shape index (κ1) is 10.1. The molecule has 0 saturated heterocycles. The van der Waals surface area contributed by atoms with Crippen molar-refractivity contribution in [1.29, 1.82) is 0 Å². The van der Waals surface area contributed by atoms with Crippen molar-refractivity contribution in [1.82, 2.24) is 20.2 Å². The van der Waals surface area contributed by atoms with Gasteiger partial charge in [-0.2, -0.15) is 4.80 Å². The Labute approximate surface area is 76.7 Å². The molecule has 0 spiro atoms. The molecule has 0 aromatic carbocycles. The average molecular weight is 185 g/mol. The Hall–Kier alpha value is -1.01. The van der Waals surface area contributed by atoms with Gasteiger partial charge in [-0.1, -0.05) is 0 Å². The molecule has 0 aliphatic carbocycles. The van der Waals surface area contributed by atoms with Crippen molar-refractivity contribution in [3.05, 3.63) is 5.82 Å². The maximum Gasteiger partial charge on any atom is 0.203 e. The number of tetrazole rings is 1. The van der Waals surface area contributed by atoms with Gasteiger partial charge in [0.25, 0.3) is 0 Å². The molecular formula is C7H15N5O. The summed E-state index contributed by atoms with van der Waals surface area (Å²) in [5.74, 6) is 0.320. The highest BCUT2D eigenvalue weighted by atomic mass is 16.3. The Morgan fingerprint density at radius 1 is 1.62 bits per heavy atom. The molecule has 0 radical (unpaired) electrons. The van der Waals surface area contributed by atoms with Crippen molar-refractivity contribution in [3.63, 3.8) is 0 Å². The quantitative estimate of drug-likeness (QED) is 0.654. The Kier molecular flexibility index (Phi) is 2.63. The predicted molar refractivity (Wildman–Crippen MR) is 46.6 cm³/mol. The van der Waals surface area contributed by atoms with Crippen LogP contribution in [-0.2, 0) is 7.05 Å². The lowest BCUT2D eigenvalue weighted by atomic mass is 9.98. The lowest BCUT2D eigenvalue weighted by Gasteiger charge is -2.20. The lowest BCUT2D eigenvalue weighted by Crippen LogP contribution is -2.34. The van der Waals surface area contributed by atoms with Gasteiger partial charge in [-0.25, -0.2) is 0 Å². The lowest BCUT2D eigenvalue weighted by molar-refractivity contribution is 0.133. The van der Waals surface area contributed by atoms with Crippen molar-refractivity contribution in [2.45, 2.75) is 31.9 Å². The van der Waals surface area contributed by atoms with Gasteiger partial charge in [-0.05, 0) is 25.5 Å². The van der Waals surface area contributed by atoms with E-state index >= 15 is 0 Å². The minimum atomic E-state index is -0.742. The Bertz CT molecular complexity index is 277. The summed E-state index contributed by atoms with van der Waals surface area (Å²) in [7, 11) is 1.65. The van der Waals surface area contributed by atoms with Gasteiger partial charge in [0.2, 0.25) is 5.82 Å². The largest absolute Gasteiger partial charge is 0.385 e. The number of aliphatic hydroxyl groups is 1. The van der Waals surface area contributed by atoms with Gasteiger partial charge in [0.1, 0.15) is 6.10 Å². The first-order chi connectivity index (χ1) is 5.88. The summed E-state index contributed by atoms with van der Waals surface area (Å²) < 4.78 is 0. The summed E-state index contributed by atoms with van der Waals surface area (Å²) >= 11 is 0. The van der Waals surface area contributed by atoms with Crippen molar-refractivity contribution in [2.75, 3.05) is 0 Å². The Morgan fingerprint density at radius 2 is 2.23 bits per heavy atom. The molecule has 1 heterocycles. The second-order valence-electron chi connectivity index (χ2n) is 3.85. The number of aliphatic hydroxyl groups excluding tert-OH is 1. The van der Waals surface area contributed by atoms with Crippen molar-refractivity contribution < 1.29 is 5.11 Å². The summed E-state index contributed by atoms with van der Waals surface area (Å²) in [5, 5.41) is 20.8. The zero-order valence-electron chi connectivity index (χ0n) is 8.10. The van der Waals surface area contributed by atoms with Crippen LogP contribution in [0, 0.1) is 0 Å². The monoisotopic (exact) mass is 185 g/mol. The van der Waals surface area contributed by atoms with E-state index in [1.165, 1.54) is 4.80 Å². The molecule has 0 aliphatic heterocycles. The smallest absolute Gasteiger partial charge is 0.203 e. The second-order valence-corrected chi connectivity index (χ2v) is 3.85. The third kappa shape index (κ3) is 3.08. The van der Waals surface area contributed by atoms with Crippen LogP contribution in [0.15, 0.2) is 0 Å². The van der Waals surface area contributed by atoms with Crippen molar-refractivity contribution in [2.24, 2.45) is 12.8 Å². The molecule has 0 bridgehead atoms. The van der Waals surface area contributed by atoms with Gasteiger partial charge in [0.15, 0.2) is 0 Å². The van der Waals surface area contributed by atoms with Crippen LogP contribution in [0.2, 0.25) is 0 Å². The molecule has 1 atom stereocenters. The first-order valence-electron chi connectivity index (χ1n) is 4.09. The van der Waals surface area contributed by atoms with E-state index in [9.17, 15) is 5.11 Å². The number of hydrogen-bond acceptors (Lipinski definition) is 5. The van der Waals surface area contributed by atoms with Gasteiger partial charge in [0.05, 0.1) is 7.05 Å². The fourth-order valence-electron chi connectivity index (χ4n) is 1.02. The number of aromatic nitrogens is 4. The third-order valence-electron chi connectivity index (χ3n) is 1.54. The van der Waals surface area contributed by atoms with Gasteiger partial charge >= 0.3 is 0 Å². The van der Waals surface area contributed by atoms with Gasteiger partial charge in [-0.15, -0.1) is 10.2 Å². The molecule has 6 heteroatoms. The fraction of sp³-hybridized carbons (Fsp3) is 0.857. The topological polar surface area (TPSA) is 89.8 Å². The van der Waals surface area contributed by atoms with Crippen LogP contribution in [0.1, 0.15) is 32.2 Å². The maximum absolute atomic E-state index is 9.61. The SMILES string of the molecule is Cn1nnc(C(O)CC(C)(C)N)n1. The Morgan fingerprint density at radius 3 is 2.62 bits per heavy atom. The number of hydrogen-bond donors (Lipinski definition) is 2. The van der Waals surface area contributed by atoms with Gasteiger partial charge in [0, 0.05) is 5.54 Å².